The molecular weight excluding hydrogens is 212 g/mol. The van der Waals surface area contributed by atoms with Crippen LogP contribution in [0.3, 0.4) is 0 Å². The summed E-state index contributed by atoms with van der Waals surface area (Å²) in [5.41, 5.74) is 2.15. The van der Waals surface area contributed by atoms with E-state index in [1.165, 1.54) is 5.57 Å². The molecule has 0 bridgehead atoms. The molecule has 0 saturated carbocycles. The lowest BCUT2D eigenvalue weighted by Crippen LogP contribution is -2.08. The molecule has 0 atom stereocenters. The third-order valence-corrected chi connectivity index (χ3v) is 2.67. The second kappa shape index (κ2) is 6.84. The van der Waals surface area contributed by atoms with E-state index in [-0.39, 0.29) is 5.91 Å². The Balaban J connectivity index is 2.55. The summed E-state index contributed by atoms with van der Waals surface area (Å²) in [6, 6.07) is 0. The van der Waals surface area contributed by atoms with Crippen molar-refractivity contribution in [3.63, 3.8) is 0 Å². The lowest BCUT2D eigenvalue weighted by atomic mass is 10.1. The van der Waals surface area contributed by atoms with Gasteiger partial charge in [0.2, 0.25) is 5.91 Å². The summed E-state index contributed by atoms with van der Waals surface area (Å²) >= 11 is 0. The fourth-order valence-corrected chi connectivity index (χ4v) is 1.60. The fraction of sp³-hybridized carbons (Fsp3) is 0.429. The molecule has 3 nitrogen and oxygen atoms in total. The van der Waals surface area contributed by atoms with Crippen LogP contribution in [-0.4, -0.2) is 15.5 Å². The minimum atomic E-state index is 0.0982. The molecule has 0 amide bonds. The topological polar surface area (TPSA) is 34.9 Å². The normalized spacial score (nSPS) is 12.3. The van der Waals surface area contributed by atoms with E-state index < -0.39 is 0 Å². The molecule has 0 unspecified atom stereocenters. The van der Waals surface area contributed by atoms with Crippen molar-refractivity contribution >= 4 is 5.91 Å². The van der Waals surface area contributed by atoms with E-state index in [0.29, 0.717) is 6.42 Å². The molecule has 92 valence electrons. The highest BCUT2D eigenvalue weighted by Crippen LogP contribution is 2.09. The maximum Gasteiger partial charge on any atom is 0.232 e. The Morgan fingerprint density at radius 1 is 1.41 bits per heavy atom. The molecule has 0 aromatic carbocycles. The van der Waals surface area contributed by atoms with Gasteiger partial charge in [0.15, 0.2) is 0 Å². The van der Waals surface area contributed by atoms with Crippen molar-refractivity contribution in [2.45, 2.75) is 40.0 Å². The Hall–Kier alpha value is -1.64. The quantitative estimate of drug-likeness (QED) is 0.729. The van der Waals surface area contributed by atoms with Gasteiger partial charge in [-0.25, -0.2) is 4.98 Å². The molecule has 0 N–H and O–H groups in total. The van der Waals surface area contributed by atoms with Crippen LogP contribution < -0.4 is 0 Å². The summed E-state index contributed by atoms with van der Waals surface area (Å²) in [5.74, 6) is 0.0982. The number of hydrogen-bond acceptors (Lipinski definition) is 2. The molecule has 0 fully saturated rings. The average molecular weight is 232 g/mol. The first-order valence-corrected chi connectivity index (χ1v) is 6.05. The highest BCUT2D eigenvalue weighted by molar-refractivity contribution is 5.79. The Bertz CT molecular complexity index is 427. The van der Waals surface area contributed by atoms with Crippen molar-refractivity contribution in [3.8, 4) is 0 Å². The molecule has 0 aliphatic carbocycles. The lowest BCUT2D eigenvalue weighted by molar-refractivity contribution is 0.0903. The number of imidazole rings is 1. The molecule has 0 radical (unpaired) electrons. The van der Waals surface area contributed by atoms with Crippen molar-refractivity contribution < 1.29 is 4.79 Å². The number of allylic oxidation sites excluding steroid dienone is 4. The highest BCUT2D eigenvalue weighted by Gasteiger charge is 2.06. The van der Waals surface area contributed by atoms with Gasteiger partial charge in [-0.05, 0) is 26.7 Å². The van der Waals surface area contributed by atoms with Crippen molar-refractivity contribution in [1.29, 1.82) is 0 Å². The van der Waals surface area contributed by atoms with E-state index in [9.17, 15) is 4.79 Å². The van der Waals surface area contributed by atoms with Crippen LogP contribution in [0.4, 0.5) is 0 Å². The molecule has 0 aliphatic rings. The van der Waals surface area contributed by atoms with Crippen molar-refractivity contribution in [3.05, 3.63) is 42.0 Å². The second-order valence-electron chi connectivity index (χ2n) is 3.88. The summed E-state index contributed by atoms with van der Waals surface area (Å²) in [4.78, 5) is 16.0. The molecule has 0 aliphatic heterocycles. The molecule has 1 heterocycles. The van der Waals surface area contributed by atoms with E-state index in [2.05, 4.69) is 4.98 Å². The van der Waals surface area contributed by atoms with Crippen LogP contribution in [-0.2, 0) is 6.42 Å². The number of nitrogens with zero attached hydrogens (tertiary/aromatic N) is 2. The molecule has 3 heteroatoms. The zero-order chi connectivity index (χ0) is 12.7. The van der Waals surface area contributed by atoms with Crippen LogP contribution >= 0.6 is 0 Å². The number of carbonyl (C=O) groups excluding carboxylic acids is 1. The lowest BCUT2D eigenvalue weighted by Gasteiger charge is -2.02. The number of carbonyl (C=O) groups is 1. The predicted octanol–water partition coefficient (Wildman–Crippen LogP) is 3.39. The first kappa shape index (κ1) is 13.4. The van der Waals surface area contributed by atoms with Crippen LogP contribution in [0.5, 0.6) is 0 Å². The summed E-state index contributed by atoms with van der Waals surface area (Å²) in [6.45, 7) is 6.00. The number of hydrogen-bond donors (Lipinski definition) is 0. The molecular formula is C14H20N2O. The molecule has 0 spiro atoms. The average Bonchev–Trinajstić information content (AvgIpc) is 2.82. The van der Waals surface area contributed by atoms with Gasteiger partial charge in [-0.3, -0.25) is 9.36 Å². The molecule has 0 saturated heterocycles. The second-order valence-corrected chi connectivity index (χ2v) is 3.88. The van der Waals surface area contributed by atoms with E-state index >= 15 is 0 Å². The molecule has 1 rings (SSSR count). The highest BCUT2D eigenvalue weighted by atomic mass is 16.2. The van der Waals surface area contributed by atoms with Gasteiger partial charge in [0.1, 0.15) is 6.33 Å². The van der Waals surface area contributed by atoms with Gasteiger partial charge >= 0.3 is 0 Å². The third-order valence-electron chi connectivity index (χ3n) is 2.67. The number of rotatable bonds is 5. The van der Waals surface area contributed by atoms with Gasteiger partial charge in [-0.15, -0.1) is 0 Å². The van der Waals surface area contributed by atoms with Gasteiger partial charge in [0.05, 0.1) is 5.69 Å². The monoisotopic (exact) mass is 232 g/mol. The van der Waals surface area contributed by atoms with E-state index in [0.717, 1.165) is 18.5 Å². The minimum Gasteiger partial charge on any atom is -0.276 e. The smallest absolute Gasteiger partial charge is 0.232 e. The molecule has 17 heavy (non-hydrogen) atoms. The summed E-state index contributed by atoms with van der Waals surface area (Å²) in [6.07, 6.45) is 11.6. The van der Waals surface area contributed by atoms with Crippen molar-refractivity contribution in [1.82, 2.24) is 9.55 Å². The van der Waals surface area contributed by atoms with Crippen LogP contribution in [0.15, 0.2) is 36.3 Å². The summed E-state index contributed by atoms with van der Waals surface area (Å²) in [5, 5.41) is 0. The Morgan fingerprint density at radius 2 is 2.18 bits per heavy atom. The van der Waals surface area contributed by atoms with E-state index in [1.807, 2.05) is 45.2 Å². The van der Waals surface area contributed by atoms with Crippen LogP contribution in [0.2, 0.25) is 0 Å². The zero-order valence-electron chi connectivity index (χ0n) is 10.8. The standard InChI is InChI=1S/C14H20N2O/c1-4-7-12(5-2)8-9-14(17)16-10-13(6-3)15-11-16/h4-5,7,10-11H,6,8-9H2,1-3H3/b7-4-,12-5+. The SMILES string of the molecule is C/C=C\C(=C/C)CCC(=O)n1cnc(CC)c1. The Labute approximate surface area is 103 Å². The van der Waals surface area contributed by atoms with Crippen LogP contribution in [0.25, 0.3) is 0 Å². The Morgan fingerprint density at radius 3 is 2.71 bits per heavy atom. The summed E-state index contributed by atoms with van der Waals surface area (Å²) in [7, 11) is 0. The van der Waals surface area contributed by atoms with Gasteiger partial charge in [0.25, 0.3) is 0 Å². The van der Waals surface area contributed by atoms with Crippen LogP contribution in [0.1, 0.15) is 44.1 Å². The van der Waals surface area contributed by atoms with Crippen LogP contribution in [0, 0.1) is 0 Å². The number of aryl methyl sites for hydroxylation is 1. The van der Waals surface area contributed by atoms with Gasteiger partial charge in [0, 0.05) is 12.6 Å². The van der Waals surface area contributed by atoms with Gasteiger partial charge in [-0.1, -0.05) is 30.7 Å². The first-order valence-electron chi connectivity index (χ1n) is 6.05. The van der Waals surface area contributed by atoms with Crippen molar-refractivity contribution in [2.24, 2.45) is 0 Å². The maximum atomic E-state index is 11.9. The first-order chi connectivity index (χ1) is 8.21. The molecule has 1 aromatic rings. The molecule has 1 aromatic heterocycles. The maximum absolute atomic E-state index is 11.9. The predicted molar refractivity (Wildman–Crippen MR) is 70.0 cm³/mol. The zero-order valence-corrected chi connectivity index (χ0v) is 10.8. The van der Waals surface area contributed by atoms with E-state index in [1.54, 1.807) is 10.9 Å². The fourth-order valence-electron chi connectivity index (χ4n) is 1.60. The number of aromatic nitrogens is 2. The minimum absolute atomic E-state index is 0.0982. The summed E-state index contributed by atoms with van der Waals surface area (Å²) < 4.78 is 1.59. The van der Waals surface area contributed by atoms with Gasteiger partial charge in [-0.2, -0.15) is 0 Å². The van der Waals surface area contributed by atoms with E-state index in [4.69, 9.17) is 0 Å². The largest absolute Gasteiger partial charge is 0.276 e. The van der Waals surface area contributed by atoms with Gasteiger partial charge < -0.3 is 0 Å². The Kier molecular flexibility index (Phi) is 5.40. The van der Waals surface area contributed by atoms with Crippen molar-refractivity contribution in [2.75, 3.05) is 0 Å². The third kappa shape index (κ3) is 4.02.